The molecule has 2 aromatic rings. The molecule has 3 rings (SSSR count). The van der Waals surface area contributed by atoms with E-state index in [2.05, 4.69) is 31.2 Å². The van der Waals surface area contributed by atoms with Gasteiger partial charge in [0.2, 0.25) is 0 Å². The molecular weight excluding hydrogens is 294 g/mol. The maximum Gasteiger partial charge on any atom is 0.112 e. The van der Waals surface area contributed by atoms with Crippen LogP contribution in [-0.4, -0.2) is 29.2 Å². The molecule has 1 aliphatic carbocycles. The summed E-state index contributed by atoms with van der Waals surface area (Å²) in [6, 6.07) is 4.43. The first-order valence-electron chi connectivity index (χ1n) is 5.96. The lowest BCUT2D eigenvalue weighted by Crippen LogP contribution is -2.40. The van der Waals surface area contributed by atoms with E-state index in [4.69, 9.17) is 4.74 Å². The molecule has 18 heavy (non-hydrogen) atoms. The van der Waals surface area contributed by atoms with Gasteiger partial charge in [-0.3, -0.25) is 9.97 Å². The number of pyridine rings is 2. The van der Waals surface area contributed by atoms with Gasteiger partial charge < -0.3 is 10.1 Å². The van der Waals surface area contributed by atoms with E-state index in [1.807, 2.05) is 18.3 Å². The van der Waals surface area contributed by atoms with E-state index in [1.54, 1.807) is 13.3 Å². The van der Waals surface area contributed by atoms with Crippen molar-refractivity contribution in [1.29, 1.82) is 0 Å². The largest absolute Gasteiger partial charge is 0.381 e. The number of hydrogen-bond acceptors (Lipinski definition) is 4. The van der Waals surface area contributed by atoms with Gasteiger partial charge in [-0.1, -0.05) is 0 Å². The van der Waals surface area contributed by atoms with E-state index in [-0.39, 0.29) is 0 Å². The summed E-state index contributed by atoms with van der Waals surface area (Å²) in [4.78, 5) is 8.76. The quantitative estimate of drug-likeness (QED) is 0.947. The monoisotopic (exact) mass is 307 g/mol. The number of anilines is 1. The Morgan fingerprint density at radius 1 is 1.39 bits per heavy atom. The standard InChI is InChI=1S/C13H14BrN3O/c1-18-10-5-9(6-10)17-11-2-3-15-12-4-8(14)7-16-13(11)12/h2-4,7,9-10H,5-6H2,1H3,(H,15,17). The van der Waals surface area contributed by atoms with Crippen molar-refractivity contribution < 1.29 is 4.74 Å². The average Bonchev–Trinajstić information content (AvgIpc) is 2.32. The number of aromatic nitrogens is 2. The summed E-state index contributed by atoms with van der Waals surface area (Å²) < 4.78 is 6.23. The van der Waals surface area contributed by atoms with E-state index in [0.29, 0.717) is 12.1 Å². The van der Waals surface area contributed by atoms with Gasteiger partial charge in [0.05, 0.1) is 17.3 Å². The molecular formula is C13H14BrN3O. The molecule has 1 N–H and O–H groups in total. The Balaban J connectivity index is 1.84. The predicted molar refractivity (Wildman–Crippen MR) is 74.7 cm³/mol. The molecule has 5 heteroatoms. The first-order valence-corrected chi connectivity index (χ1v) is 6.75. The van der Waals surface area contributed by atoms with Crippen LogP contribution in [-0.2, 0) is 4.74 Å². The van der Waals surface area contributed by atoms with E-state index in [9.17, 15) is 0 Å². The molecule has 2 heterocycles. The summed E-state index contributed by atoms with van der Waals surface area (Å²) >= 11 is 3.41. The zero-order valence-corrected chi connectivity index (χ0v) is 11.6. The van der Waals surface area contributed by atoms with Crippen LogP contribution in [0.15, 0.2) is 29.0 Å². The zero-order valence-electron chi connectivity index (χ0n) is 10.1. The smallest absolute Gasteiger partial charge is 0.112 e. The van der Waals surface area contributed by atoms with Crippen LogP contribution in [0.5, 0.6) is 0 Å². The summed E-state index contributed by atoms with van der Waals surface area (Å²) in [6.07, 6.45) is 6.12. The Morgan fingerprint density at radius 2 is 2.22 bits per heavy atom. The van der Waals surface area contributed by atoms with Crippen molar-refractivity contribution in [2.75, 3.05) is 12.4 Å². The number of rotatable bonds is 3. The second-order valence-corrected chi connectivity index (χ2v) is 5.47. The van der Waals surface area contributed by atoms with Crippen LogP contribution in [0.1, 0.15) is 12.8 Å². The van der Waals surface area contributed by atoms with Crippen LogP contribution in [0, 0.1) is 0 Å². The second-order valence-electron chi connectivity index (χ2n) is 4.55. The highest BCUT2D eigenvalue weighted by atomic mass is 79.9. The van der Waals surface area contributed by atoms with Crippen molar-refractivity contribution >= 4 is 32.7 Å². The normalized spacial score (nSPS) is 22.8. The van der Waals surface area contributed by atoms with Gasteiger partial charge in [0, 0.05) is 30.0 Å². The van der Waals surface area contributed by atoms with Crippen LogP contribution >= 0.6 is 15.9 Å². The van der Waals surface area contributed by atoms with Gasteiger partial charge in [-0.2, -0.15) is 0 Å². The first kappa shape index (κ1) is 11.9. The van der Waals surface area contributed by atoms with Gasteiger partial charge in [0.15, 0.2) is 0 Å². The topological polar surface area (TPSA) is 47.0 Å². The summed E-state index contributed by atoms with van der Waals surface area (Å²) in [5.74, 6) is 0. The van der Waals surface area contributed by atoms with E-state index in [0.717, 1.165) is 34.0 Å². The number of nitrogens with zero attached hydrogens (tertiary/aromatic N) is 2. The molecule has 0 spiro atoms. The van der Waals surface area contributed by atoms with Gasteiger partial charge in [0.1, 0.15) is 5.52 Å². The van der Waals surface area contributed by atoms with Gasteiger partial charge >= 0.3 is 0 Å². The molecule has 2 aromatic heterocycles. The molecule has 0 amide bonds. The lowest BCUT2D eigenvalue weighted by molar-refractivity contribution is 0.0329. The maximum atomic E-state index is 5.28. The molecule has 0 aliphatic heterocycles. The Bertz CT molecular complexity index is 569. The van der Waals surface area contributed by atoms with Gasteiger partial charge in [0.25, 0.3) is 0 Å². The number of ether oxygens (including phenoxy) is 1. The lowest BCUT2D eigenvalue weighted by Gasteiger charge is -2.35. The van der Waals surface area contributed by atoms with Crippen LogP contribution in [0.3, 0.4) is 0 Å². The van der Waals surface area contributed by atoms with Crippen molar-refractivity contribution in [2.45, 2.75) is 25.0 Å². The highest BCUT2D eigenvalue weighted by Gasteiger charge is 2.29. The molecule has 1 saturated carbocycles. The Kier molecular flexibility index (Phi) is 3.18. The minimum atomic E-state index is 0.401. The van der Waals surface area contributed by atoms with Crippen LogP contribution < -0.4 is 5.32 Å². The SMILES string of the molecule is COC1CC(Nc2ccnc3cc(Br)cnc23)C1. The first-order chi connectivity index (χ1) is 8.76. The number of methoxy groups -OCH3 is 1. The molecule has 0 atom stereocenters. The number of fused-ring (bicyclic) bond motifs is 1. The molecule has 4 nitrogen and oxygen atoms in total. The third kappa shape index (κ3) is 2.20. The van der Waals surface area contributed by atoms with Crippen LogP contribution in [0.2, 0.25) is 0 Å². The number of hydrogen-bond donors (Lipinski definition) is 1. The lowest BCUT2D eigenvalue weighted by atomic mass is 9.89. The predicted octanol–water partition coefficient (Wildman–Crippen LogP) is 2.98. The van der Waals surface area contributed by atoms with Crippen molar-refractivity contribution in [2.24, 2.45) is 0 Å². The minimum Gasteiger partial charge on any atom is -0.381 e. The third-order valence-corrected chi connectivity index (χ3v) is 3.77. The van der Waals surface area contributed by atoms with Gasteiger partial charge in [-0.25, -0.2) is 0 Å². The van der Waals surface area contributed by atoms with Crippen LogP contribution in [0.25, 0.3) is 11.0 Å². The average molecular weight is 308 g/mol. The van der Waals surface area contributed by atoms with Crippen LogP contribution in [0.4, 0.5) is 5.69 Å². The number of nitrogens with one attached hydrogen (secondary N) is 1. The maximum absolute atomic E-state index is 5.28. The van der Waals surface area contributed by atoms with Crippen molar-refractivity contribution in [1.82, 2.24) is 9.97 Å². The third-order valence-electron chi connectivity index (χ3n) is 3.33. The molecule has 0 aromatic carbocycles. The fraction of sp³-hybridized carbons (Fsp3) is 0.385. The van der Waals surface area contributed by atoms with Gasteiger partial charge in [-0.05, 0) is 40.9 Å². The van der Waals surface area contributed by atoms with Crippen molar-refractivity contribution in [3.63, 3.8) is 0 Å². The molecule has 0 radical (unpaired) electrons. The van der Waals surface area contributed by atoms with E-state index in [1.165, 1.54) is 0 Å². The van der Waals surface area contributed by atoms with Crippen molar-refractivity contribution in [3.05, 3.63) is 29.0 Å². The molecule has 0 unspecified atom stereocenters. The fourth-order valence-electron chi connectivity index (χ4n) is 2.22. The summed E-state index contributed by atoms with van der Waals surface area (Å²) in [5, 5.41) is 3.51. The number of halogens is 1. The minimum absolute atomic E-state index is 0.401. The molecule has 0 bridgehead atoms. The summed E-state index contributed by atoms with van der Waals surface area (Å²) in [6.45, 7) is 0. The van der Waals surface area contributed by atoms with Gasteiger partial charge in [-0.15, -0.1) is 0 Å². The van der Waals surface area contributed by atoms with E-state index < -0.39 is 0 Å². The molecule has 94 valence electrons. The Labute approximate surface area is 114 Å². The summed E-state index contributed by atoms with van der Waals surface area (Å²) in [5.41, 5.74) is 2.87. The van der Waals surface area contributed by atoms with E-state index >= 15 is 0 Å². The zero-order chi connectivity index (χ0) is 12.5. The Hall–Kier alpha value is -1.20. The highest BCUT2D eigenvalue weighted by Crippen LogP contribution is 2.29. The molecule has 0 saturated heterocycles. The Morgan fingerprint density at radius 3 is 3.00 bits per heavy atom. The molecule has 1 fully saturated rings. The second kappa shape index (κ2) is 4.82. The summed E-state index contributed by atoms with van der Waals surface area (Å²) in [7, 11) is 1.77. The fourth-order valence-corrected chi connectivity index (χ4v) is 2.54. The highest BCUT2D eigenvalue weighted by molar-refractivity contribution is 9.10. The molecule has 1 aliphatic rings. The van der Waals surface area contributed by atoms with Crippen molar-refractivity contribution in [3.8, 4) is 0 Å².